The number of carbonyl (C=O) groups excluding carboxylic acids is 2. The minimum absolute atomic E-state index is 0.0222. The lowest BCUT2D eigenvalue weighted by atomic mass is 10.1. The highest BCUT2D eigenvalue weighted by Crippen LogP contribution is 2.11. The fourth-order valence-electron chi connectivity index (χ4n) is 0.857. The molecule has 4 nitrogen and oxygen atoms in total. The molecule has 1 aliphatic rings. The van der Waals surface area contributed by atoms with Gasteiger partial charge in [-0.2, -0.15) is 0 Å². The zero-order valence-corrected chi connectivity index (χ0v) is 6.81. The standard InChI is InChI=1S/C6H9ClN2O2/c1-3(10)8-6(7)4-2-5(11)9-4/h4,6H,2H2,1H3,(H,8,10)(H,9,11). The Balaban J connectivity index is 2.26. The van der Waals surface area contributed by atoms with Gasteiger partial charge in [0.2, 0.25) is 11.8 Å². The molecule has 1 heterocycles. The lowest BCUT2D eigenvalue weighted by Crippen LogP contribution is -2.57. The number of hydrogen-bond donors (Lipinski definition) is 2. The van der Waals surface area contributed by atoms with Crippen molar-refractivity contribution in [2.45, 2.75) is 24.9 Å². The van der Waals surface area contributed by atoms with Gasteiger partial charge in [0.25, 0.3) is 0 Å². The molecule has 0 aromatic rings. The second-order valence-corrected chi connectivity index (χ2v) is 2.95. The summed E-state index contributed by atoms with van der Waals surface area (Å²) in [5, 5.41) is 5.04. The van der Waals surface area contributed by atoms with Gasteiger partial charge in [0.15, 0.2) is 0 Å². The topological polar surface area (TPSA) is 58.2 Å². The summed E-state index contributed by atoms with van der Waals surface area (Å²) < 4.78 is 0. The molecule has 1 rings (SSSR count). The molecule has 5 heteroatoms. The average molecular weight is 177 g/mol. The van der Waals surface area contributed by atoms with Gasteiger partial charge in [-0.15, -0.1) is 0 Å². The highest BCUT2D eigenvalue weighted by molar-refractivity contribution is 6.22. The zero-order valence-electron chi connectivity index (χ0n) is 6.06. The molecule has 1 saturated heterocycles. The van der Waals surface area contributed by atoms with Gasteiger partial charge in [0.05, 0.1) is 12.5 Å². The van der Waals surface area contributed by atoms with E-state index in [1.54, 1.807) is 0 Å². The number of nitrogens with one attached hydrogen (secondary N) is 2. The van der Waals surface area contributed by atoms with E-state index in [9.17, 15) is 9.59 Å². The van der Waals surface area contributed by atoms with Crippen LogP contribution in [0.3, 0.4) is 0 Å². The number of β-lactam (4-membered cyclic amide) rings is 1. The summed E-state index contributed by atoms with van der Waals surface area (Å²) in [4.78, 5) is 20.9. The molecule has 1 fully saturated rings. The van der Waals surface area contributed by atoms with Crippen molar-refractivity contribution in [1.29, 1.82) is 0 Å². The predicted octanol–water partition coefficient (Wildman–Crippen LogP) is -0.424. The van der Waals surface area contributed by atoms with E-state index < -0.39 is 5.50 Å². The molecule has 0 spiro atoms. The summed E-state index contributed by atoms with van der Waals surface area (Å²) in [6.45, 7) is 1.38. The third-order valence-electron chi connectivity index (χ3n) is 1.45. The van der Waals surface area contributed by atoms with Gasteiger partial charge in [-0.25, -0.2) is 0 Å². The lowest BCUT2D eigenvalue weighted by molar-refractivity contribution is -0.129. The summed E-state index contributed by atoms with van der Waals surface area (Å²) >= 11 is 5.70. The molecule has 2 unspecified atom stereocenters. The molecule has 2 atom stereocenters. The molecule has 2 N–H and O–H groups in total. The summed E-state index contributed by atoms with van der Waals surface area (Å²) in [6.07, 6.45) is 0.397. The third-order valence-corrected chi connectivity index (χ3v) is 1.86. The Kier molecular flexibility index (Phi) is 2.34. The first-order valence-corrected chi connectivity index (χ1v) is 3.74. The van der Waals surface area contributed by atoms with Gasteiger partial charge < -0.3 is 10.6 Å². The highest BCUT2D eigenvalue weighted by Gasteiger charge is 2.31. The van der Waals surface area contributed by atoms with Crippen molar-refractivity contribution in [3.63, 3.8) is 0 Å². The van der Waals surface area contributed by atoms with E-state index in [2.05, 4.69) is 10.6 Å². The second-order valence-electron chi connectivity index (χ2n) is 2.48. The minimum atomic E-state index is -0.481. The molecule has 0 aromatic heterocycles. The van der Waals surface area contributed by atoms with Crippen molar-refractivity contribution in [2.75, 3.05) is 0 Å². The molecule has 0 radical (unpaired) electrons. The van der Waals surface area contributed by atoms with Gasteiger partial charge >= 0.3 is 0 Å². The quantitative estimate of drug-likeness (QED) is 0.341. The Hall–Kier alpha value is -0.770. The maximum Gasteiger partial charge on any atom is 0.222 e. The van der Waals surface area contributed by atoms with E-state index in [-0.39, 0.29) is 17.9 Å². The fraction of sp³-hybridized carbons (Fsp3) is 0.667. The van der Waals surface area contributed by atoms with Crippen molar-refractivity contribution in [1.82, 2.24) is 10.6 Å². The first-order valence-electron chi connectivity index (χ1n) is 3.30. The summed E-state index contributed by atoms with van der Waals surface area (Å²) in [7, 11) is 0. The van der Waals surface area contributed by atoms with Gasteiger partial charge in [0, 0.05) is 6.92 Å². The first kappa shape index (κ1) is 8.33. The van der Waals surface area contributed by atoms with Crippen molar-refractivity contribution < 1.29 is 9.59 Å². The van der Waals surface area contributed by atoms with Crippen molar-refractivity contribution in [3.8, 4) is 0 Å². The molecule has 11 heavy (non-hydrogen) atoms. The Bertz CT molecular complexity index is 187. The van der Waals surface area contributed by atoms with Crippen LogP contribution in [0.25, 0.3) is 0 Å². The smallest absolute Gasteiger partial charge is 0.222 e. The van der Waals surface area contributed by atoms with Crippen LogP contribution in [0.2, 0.25) is 0 Å². The molecular formula is C6H9ClN2O2. The van der Waals surface area contributed by atoms with Crippen molar-refractivity contribution in [2.24, 2.45) is 0 Å². The van der Waals surface area contributed by atoms with E-state index in [0.717, 1.165) is 0 Å². The SMILES string of the molecule is CC(=O)NC(Cl)C1CC(=O)N1. The van der Waals surface area contributed by atoms with E-state index >= 15 is 0 Å². The average Bonchev–Trinajstić information content (AvgIpc) is 1.79. The Morgan fingerprint density at radius 2 is 2.45 bits per heavy atom. The summed E-state index contributed by atoms with van der Waals surface area (Å²) in [5.41, 5.74) is -0.481. The summed E-state index contributed by atoms with van der Waals surface area (Å²) in [5.74, 6) is -0.211. The highest BCUT2D eigenvalue weighted by atomic mass is 35.5. The van der Waals surface area contributed by atoms with Crippen LogP contribution < -0.4 is 10.6 Å². The zero-order chi connectivity index (χ0) is 8.43. The maximum absolute atomic E-state index is 10.5. The van der Waals surface area contributed by atoms with E-state index in [0.29, 0.717) is 6.42 Å². The van der Waals surface area contributed by atoms with Crippen LogP contribution in [0.15, 0.2) is 0 Å². The second kappa shape index (κ2) is 3.09. The number of alkyl halides is 1. The van der Waals surface area contributed by atoms with Crippen LogP contribution in [0.5, 0.6) is 0 Å². The molecule has 0 aliphatic carbocycles. The van der Waals surface area contributed by atoms with Crippen LogP contribution in [0.4, 0.5) is 0 Å². The van der Waals surface area contributed by atoms with Crippen molar-refractivity contribution >= 4 is 23.4 Å². The maximum atomic E-state index is 10.5. The van der Waals surface area contributed by atoms with Crippen LogP contribution in [-0.2, 0) is 9.59 Å². The largest absolute Gasteiger partial charge is 0.349 e. The summed E-state index contributed by atoms with van der Waals surface area (Å²) in [6, 6.07) is -0.104. The first-order chi connectivity index (χ1) is 5.09. The normalized spacial score (nSPS) is 24.9. The van der Waals surface area contributed by atoms with Gasteiger partial charge in [-0.3, -0.25) is 9.59 Å². The van der Waals surface area contributed by atoms with E-state index in [1.165, 1.54) is 6.92 Å². The van der Waals surface area contributed by atoms with Crippen LogP contribution >= 0.6 is 11.6 Å². The van der Waals surface area contributed by atoms with Crippen LogP contribution in [0.1, 0.15) is 13.3 Å². The number of rotatable bonds is 2. The number of halogens is 1. The molecular weight excluding hydrogens is 168 g/mol. The molecule has 62 valence electrons. The van der Waals surface area contributed by atoms with Crippen molar-refractivity contribution in [3.05, 3.63) is 0 Å². The van der Waals surface area contributed by atoms with E-state index in [4.69, 9.17) is 11.6 Å². The lowest BCUT2D eigenvalue weighted by Gasteiger charge is -2.30. The van der Waals surface area contributed by atoms with Gasteiger partial charge in [0.1, 0.15) is 5.50 Å². The molecule has 0 bridgehead atoms. The van der Waals surface area contributed by atoms with Crippen LogP contribution in [-0.4, -0.2) is 23.4 Å². The third kappa shape index (κ3) is 2.08. The minimum Gasteiger partial charge on any atom is -0.349 e. The van der Waals surface area contributed by atoms with E-state index in [1.807, 2.05) is 0 Å². The Morgan fingerprint density at radius 3 is 2.82 bits per heavy atom. The van der Waals surface area contributed by atoms with Gasteiger partial charge in [-0.05, 0) is 0 Å². The Morgan fingerprint density at radius 1 is 1.91 bits per heavy atom. The van der Waals surface area contributed by atoms with Gasteiger partial charge in [-0.1, -0.05) is 11.6 Å². The fourth-order valence-corrected chi connectivity index (χ4v) is 1.16. The molecule has 2 amide bonds. The molecule has 0 aromatic carbocycles. The molecule has 0 saturated carbocycles. The predicted molar refractivity (Wildman–Crippen MR) is 40.0 cm³/mol. The number of carbonyl (C=O) groups is 2. The Labute approximate surface area is 69.3 Å². The number of amides is 2. The van der Waals surface area contributed by atoms with Crippen LogP contribution in [0, 0.1) is 0 Å². The monoisotopic (exact) mass is 176 g/mol. The molecule has 1 aliphatic heterocycles. The number of hydrogen-bond acceptors (Lipinski definition) is 2.